The predicted octanol–water partition coefficient (Wildman–Crippen LogP) is 0.639. The topological polar surface area (TPSA) is 149 Å². The zero-order valence-electron chi connectivity index (χ0n) is 19.4. The van der Waals surface area contributed by atoms with E-state index >= 15 is 0 Å². The van der Waals surface area contributed by atoms with E-state index < -0.39 is 29.8 Å². The Labute approximate surface area is 197 Å². The molecule has 0 aliphatic carbocycles. The van der Waals surface area contributed by atoms with E-state index in [0.29, 0.717) is 31.4 Å². The molecular weight excluding hydrogens is 438 g/mol. The molecule has 1 saturated heterocycles. The number of carbonyl (C=O) groups excluding carboxylic acids is 5. The van der Waals surface area contributed by atoms with Crippen molar-refractivity contribution in [3.63, 3.8) is 0 Å². The van der Waals surface area contributed by atoms with Crippen molar-refractivity contribution in [2.24, 2.45) is 11.8 Å². The number of rotatable bonds is 11. The van der Waals surface area contributed by atoms with Crippen LogP contribution in [0.5, 0.6) is 0 Å². The van der Waals surface area contributed by atoms with Crippen LogP contribution in [0.15, 0.2) is 30.3 Å². The second-order valence-corrected chi connectivity index (χ2v) is 8.65. The second kappa shape index (κ2) is 11.4. The highest BCUT2D eigenvalue weighted by atomic mass is 16.2. The van der Waals surface area contributed by atoms with Crippen molar-refractivity contribution < 1.29 is 24.0 Å². The Morgan fingerprint density at radius 2 is 1.97 bits per heavy atom. The molecule has 4 amide bonds. The lowest BCUT2D eigenvalue weighted by molar-refractivity contribution is -0.129. The van der Waals surface area contributed by atoms with Crippen LogP contribution >= 0.6 is 0 Å². The van der Waals surface area contributed by atoms with Crippen molar-refractivity contribution in [2.75, 3.05) is 13.1 Å². The van der Waals surface area contributed by atoms with Gasteiger partial charge >= 0.3 is 0 Å². The molecule has 10 heteroatoms. The molecule has 34 heavy (non-hydrogen) atoms. The lowest BCUT2D eigenvalue weighted by Crippen LogP contribution is -2.52. The maximum atomic E-state index is 12.8. The van der Waals surface area contributed by atoms with Crippen molar-refractivity contribution in [1.29, 1.82) is 0 Å². The molecule has 1 fully saturated rings. The highest BCUT2D eigenvalue weighted by Gasteiger charge is 2.29. The summed E-state index contributed by atoms with van der Waals surface area (Å²) in [5.74, 6) is -2.09. The lowest BCUT2D eigenvalue weighted by atomic mass is 9.98. The van der Waals surface area contributed by atoms with Gasteiger partial charge in [-0.2, -0.15) is 0 Å². The first kappa shape index (κ1) is 24.9. The summed E-state index contributed by atoms with van der Waals surface area (Å²) in [5, 5.41) is 11.4. The third-order valence-electron chi connectivity index (χ3n) is 6.19. The fourth-order valence-electron chi connectivity index (χ4n) is 3.98. The maximum Gasteiger partial charge on any atom is 0.268 e. The van der Waals surface area contributed by atoms with Crippen molar-refractivity contribution >= 4 is 40.8 Å². The smallest absolute Gasteiger partial charge is 0.268 e. The summed E-state index contributed by atoms with van der Waals surface area (Å²) in [6.07, 6.45) is 2.05. The molecule has 1 aliphatic heterocycles. The summed E-state index contributed by atoms with van der Waals surface area (Å²) in [6.45, 7) is 3.95. The number of aldehydes is 1. The average molecular weight is 470 g/mol. The third kappa shape index (κ3) is 6.21. The molecule has 0 saturated carbocycles. The Hall–Kier alpha value is -3.69. The minimum atomic E-state index is -0.847. The largest absolute Gasteiger partial charge is 0.356 e. The van der Waals surface area contributed by atoms with Crippen LogP contribution in [0.2, 0.25) is 0 Å². The quantitative estimate of drug-likeness (QED) is 0.306. The third-order valence-corrected chi connectivity index (χ3v) is 6.19. The molecule has 0 bridgehead atoms. The van der Waals surface area contributed by atoms with Crippen molar-refractivity contribution in [2.45, 2.75) is 45.2 Å². The van der Waals surface area contributed by atoms with Gasteiger partial charge in [0.05, 0.1) is 12.6 Å². The molecule has 2 heterocycles. The molecule has 4 atom stereocenters. The molecule has 0 spiro atoms. The van der Waals surface area contributed by atoms with E-state index in [0.717, 1.165) is 10.9 Å². The van der Waals surface area contributed by atoms with Crippen LogP contribution in [-0.2, 0) is 19.2 Å². The van der Waals surface area contributed by atoms with Gasteiger partial charge in [-0.1, -0.05) is 38.5 Å². The van der Waals surface area contributed by atoms with E-state index in [9.17, 15) is 24.0 Å². The Morgan fingerprint density at radius 3 is 2.62 bits per heavy atom. The van der Waals surface area contributed by atoms with E-state index in [-0.39, 0.29) is 30.7 Å². The number of aromatic nitrogens is 1. The Bertz CT molecular complexity index is 1030. The molecular formula is C24H31N5O5. The van der Waals surface area contributed by atoms with Gasteiger partial charge < -0.3 is 31.0 Å². The van der Waals surface area contributed by atoms with Crippen LogP contribution in [0.4, 0.5) is 0 Å². The molecule has 1 aromatic heterocycles. The van der Waals surface area contributed by atoms with Crippen molar-refractivity contribution in [3.05, 3.63) is 36.0 Å². The van der Waals surface area contributed by atoms with Gasteiger partial charge in [-0.3, -0.25) is 19.2 Å². The fraction of sp³-hybridized carbons (Fsp3) is 0.458. The lowest BCUT2D eigenvalue weighted by Gasteiger charge is -2.23. The molecule has 3 rings (SSSR count). The molecule has 0 radical (unpaired) electrons. The standard InChI is InChI=1S/C24H31N5O5/c1-3-14(2)21(29-23(33)19-11-15-6-4-5-7-18(15)28-19)24(34)26-12-20(31)27-17(13-30)10-16-8-9-25-22(16)32/h4-7,11,13-14,16-17,21,28H,3,8-10,12H2,1-2H3,(H,25,32)(H,26,34)(H,27,31)(H,29,33). The van der Waals surface area contributed by atoms with E-state index in [1.165, 1.54) is 0 Å². The minimum Gasteiger partial charge on any atom is -0.356 e. The fourth-order valence-corrected chi connectivity index (χ4v) is 3.98. The minimum absolute atomic E-state index is 0.128. The van der Waals surface area contributed by atoms with Crippen LogP contribution in [0.3, 0.4) is 0 Å². The number of nitrogens with one attached hydrogen (secondary N) is 5. The number of hydrogen-bond acceptors (Lipinski definition) is 5. The summed E-state index contributed by atoms with van der Waals surface area (Å²) in [5.41, 5.74) is 1.15. The molecule has 182 valence electrons. The number of carbonyl (C=O) groups is 5. The zero-order valence-corrected chi connectivity index (χ0v) is 19.4. The summed E-state index contributed by atoms with van der Waals surface area (Å²) < 4.78 is 0. The van der Waals surface area contributed by atoms with Crippen molar-refractivity contribution in [3.8, 4) is 0 Å². The number of H-pyrrole nitrogens is 1. The summed E-state index contributed by atoms with van der Waals surface area (Å²) in [7, 11) is 0. The van der Waals surface area contributed by atoms with Gasteiger partial charge in [0.2, 0.25) is 17.7 Å². The van der Waals surface area contributed by atoms with E-state index in [1.807, 2.05) is 38.1 Å². The van der Waals surface area contributed by atoms with Gasteiger partial charge in [0.1, 0.15) is 18.0 Å². The Balaban J connectivity index is 1.55. The Kier molecular flexibility index (Phi) is 8.39. The van der Waals surface area contributed by atoms with Gasteiger partial charge in [0.25, 0.3) is 5.91 Å². The van der Waals surface area contributed by atoms with Crippen LogP contribution in [0.25, 0.3) is 10.9 Å². The number of fused-ring (bicyclic) bond motifs is 1. The average Bonchev–Trinajstić information content (AvgIpc) is 3.45. The first-order valence-electron chi connectivity index (χ1n) is 11.5. The molecule has 5 N–H and O–H groups in total. The number of amides is 4. The highest BCUT2D eigenvalue weighted by molar-refractivity contribution is 6.00. The molecule has 10 nitrogen and oxygen atoms in total. The SMILES string of the molecule is CCC(C)C(NC(=O)c1cc2ccccc2[nH]1)C(=O)NCC(=O)NC(C=O)CC1CCNC1=O. The molecule has 1 aliphatic rings. The van der Waals surface area contributed by atoms with Crippen LogP contribution in [0.1, 0.15) is 43.6 Å². The van der Waals surface area contributed by atoms with Crippen LogP contribution in [-0.4, -0.2) is 60.1 Å². The monoisotopic (exact) mass is 469 g/mol. The molecule has 4 unspecified atom stereocenters. The maximum absolute atomic E-state index is 12.8. The van der Waals surface area contributed by atoms with E-state index in [2.05, 4.69) is 26.3 Å². The number of hydrogen-bond donors (Lipinski definition) is 5. The number of para-hydroxylation sites is 1. The number of benzene rings is 1. The first-order valence-corrected chi connectivity index (χ1v) is 11.5. The van der Waals surface area contributed by atoms with Crippen LogP contribution in [0, 0.1) is 11.8 Å². The normalized spacial score (nSPS) is 17.9. The summed E-state index contributed by atoms with van der Waals surface area (Å²) >= 11 is 0. The van der Waals surface area contributed by atoms with Crippen LogP contribution < -0.4 is 21.3 Å². The van der Waals surface area contributed by atoms with Crippen molar-refractivity contribution in [1.82, 2.24) is 26.3 Å². The zero-order chi connectivity index (χ0) is 24.7. The van der Waals surface area contributed by atoms with Gasteiger partial charge in [0, 0.05) is 23.4 Å². The summed E-state index contributed by atoms with van der Waals surface area (Å²) in [4.78, 5) is 64.0. The predicted molar refractivity (Wildman–Crippen MR) is 126 cm³/mol. The van der Waals surface area contributed by atoms with Gasteiger partial charge in [0.15, 0.2) is 0 Å². The van der Waals surface area contributed by atoms with Gasteiger partial charge in [-0.05, 0) is 30.9 Å². The first-order chi connectivity index (χ1) is 16.3. The van der Waals surface area contributed by atoms with E-state index in [1.54, 1.807) is 6.07 Å². The van der Waals surface area contributed by atoms with Gasteiger partial charge in [-0.15, -0.1) is 0 Å². The van der Waals surface area contributed by atoms with E-state index in [4.69, 9.17) is 0 Å². The Morgan fingerprint density at radius 1 is 1.21 bits per heavy atom. The van der Waals surface area contributed by atoms with Gasteiger partial charge in [-0.25, -0.2) is 0 Å². The number of aromatic amines is 1. The molecule has 1 aromatic carbocycles. The second-order valence-electron chi connectivity index (χ2n) is 8.65. The highest BCUT2D eigenvalue weighted by Crippen LogP contribution is 2.16. The molecule has 2 aromatic rings. The summed E-state index contributed by atoms with van der Waals surface area (Å²) in [6, 6.07) is 7.52.